The van der Waals surface area contributed by atoms with Crippen molar-refractivity contribution in [2.45, 2.75) is 37.1 Å². The number of fused-ring (bicyclic) bond motifs is 1. The molecule has 1 aromatic carbocycles. The third-order valence-electron chi connectivity index (χ3n) is 6.15. The molecule has 0 unspecified atom stereocenters. The van der Waals surface area contributed by atoms with Crippen molar-refractivity contribution in [2.75, 3.05) is 13.1 Å². The molecule has 1 amide bonds. The first kappa shape index (κ1) is 27.3. The van der Waals surface area contributed by atoms with E-state index in [1.54, 1.807) is 43.3 Å². The number of allylic oxidation sites excluding steroid dienone is 1. The van der Waals surface area contributed by atoms with Crippen LogP contribution in [0, 0.1) is 0 Å². The van der Waals surface area contributed by atoms with Crippen LogP contribution in [0.15, 0.2) is 80.9 Å². The molecule has 0 aliphatic carbocycles. The van der Waals surface area contributed by atoms with E-state index in [1.165, 1.54) is 12.1 Å². The predicted octanol–water partition coefficient (Wildman–Crippen LogP) is 4.80. The van der Waals surface area contributed by atoms with Gasteiger partial charge in [-0.1, -0.05) is 24.3 Å². The summed E-state index contributed by atoms with van der Waals surface area (Å²) in [6.45, 7) is 5.41. The van der Waals surface area contributed by atoms with Gasteiger partial charge in [-0.15, -0.1) is 0 Å². The van der Waals surface area contributed by atoms with Gasteiger partial charge in [-0.25, -0.2) is 8.42 Å². The fraction of sp³-hybridized carbons (Fsp3) is 0.269. The van der Waals surface area contributed by atoms with Crippen LogP contribution in [-0.4, -0.2) is 49.5 Å². The molecule has 0 saturated carbocycles. The smallest absolute Gasteiger partial charge is 0.433 e. The van der Waals surface area contributed by atoms with Crippen molar-refractivity contribution in [1.82, 2.24) is 14.6 Å². The predicted molar refractivity (Wildman–Crippen MR) is 137 cm³/mol. The maximum Gasteiger partial charge on any atom is 0.433 e. The Bertz CT molecular complexity index is 1480. The number of carbonyl (C=O) groups excluding carboxylic acids is 1. The number of hydrogen-bond acceptors (Lipinski definition) is 6. The van der Waals surface area contributed by atoms with E-state index in [2.05, 4.69) is 22.0 Å². The van der Waals surface area contributed by atoms with Crippen LogP contribution >= 0.6 is 0 Å². The third-order valence-corrected chi connectivity index (χ3v) is 7.92. The van der Waals surface area contributed by atoms with Gasteiger partial charge < -0.3 is 9.73 Å². The largest absolute Gasteiger partial charge is 0.443 e. The highest BCUT2D eigenvalue weighted by Gasteiger charge is 2.41. The number of aliphatic imine (C=N–C) groups is 1. The SMILES string of the molecule is C=N/C(=C\C(=C/C)CNC(=O)[C@@H]1CCCN1S(=O)(=O)c1cc2ccccc2o1)c1ccc(C(F)(F)F)nc1. The van der Waals surface area contributed by atoms with Gasteiger partial charge >= 0.3 is 6.18 Å². The lowest BCUT2D eigenvalue weighted by atomic mass is 10.1. The van der Waals surface area contributed by atoms with Gasteiger partial charge in [0.1, 0.15) is 17.3 Å². The Hall–Kier alpha value is -3.77. The number of pyridine rings is 1. The first-order chi connectivity index (χ1) is 18.0. The van der Waals surface area contributed by atoms with Crippen LogP contribution in [0.4, 0.5) is 13.2 Å². The summed E-state index contributed by atoms with van der Waals surface area (Å²) in [7, 11) is -4.04. The van der Waals surface area contributed by atoms with Crippen LogP contribution < -0.4 is 5.32 Å². The number of amides is 1. The minimum atomic E-state index is -4.56. The Morgan fingerprint density at radius 2 is 2.05 bits per heavy atom. The van der Waals surface area contributed by atoms with Crippen molar-refractivity contribution >= 4 is 39.3 Å². The van der Waals surface area contributed by atoms with Crippen LogP contribution in [0.2, 0.25) is 0 Å². The molecule has 0 bridgehead atoms. The molecule has 3 aromatic rings. The molecule has 1 fully saturated rings. The quantitative estimate of drug-likeness (QED) is 0.323. The summed E-state index contributed by atoms with van der Waals surface area (Å²) in [5.74, 6) is -0.473. The van der Waals surface area contributed by atoms with Gasteiger partial charge in [-0.2, -0.15) is 17.5 Å². The number of sulfonamides is 1. The Balaban J connectivity index is 1.46. The molecule has 0 radical (unpaired) electrons. The van der Waals surface area contributed by atoms with Gasteiger partial charge in [0.05, 0.1) is 5.70 Å². The standard InChI is InChI=1S/C26H25F3N4O4S/c1-3-17(13-20(30-2)19-10-11-23(31-16-19)26(27,28)29)15-32-25(34)21-8-6-12-33(21)38(35,36)24-14-18-7-4-5-9-22(18)37-24/h3-5,7,9-11,13-14,16,21H,2,6,8,12,15H2,1H3,(H,32,34)/b17-3+,20-13-/t21-/m0/s1. The first-order valence-electron chi connectivity index (χ1n) is 11.7. The summed E-state index contributed by atoms with van der Waals surface area (Å²) >= 11 is 0. The van der Waals surface area contributed by atoms with Crippen molar-refractivity contribution < 1.29 is 30.8 Å². The number of nitrogens with one attached hydrogen (secondary N) is 1. The molecule has 8 nitrogen and oxygen atoms in total. The van der Waals surface area contributed by atoms with Gasteiger partial charge in [-0.3, -0.25) is 14.8 Å². The number of aromatic nitrogens is 1. The Morgan fingerprint density at radius 1 is 1.29 bits per heavy atom. The number of hydrogen-bond donors (Lipinski definition) is 1. The second-order valence-electron chi connectivity index (χ2n) is 8.58. The zero-order chi connectivity index (χ0) is 27.5. The number of furan rings is 1. The van der Waals surface area contributed by atoms with Crippen molar-refractivity contribution in [2.24, 2.45) is 4.99 Å². The summed E-state index contributed by atoms with van der Waals surface area (Å²) in [5.41, 5.74) is 0.582. The zero-order valence-electron chi connectivity index (χ0n) is 20.4. The topological polar surface area (TPSA) is 105 Å². The lowest BCUT2D eigenvalue weighted by Crippen LogP contribution is -2.46. The van der Waals surface area contributed by atoms with E-state index in [0.717, 1.165) is 16.6 Å². The number of carbonyl (C=O) groups is 1. The summed E-state index contributed by atoms with van der Waals surface area (Å²) in [6.07, 6.45) is 0.612. The average molecular weight is 547 g/mol. The summed E-state index contributed by atoms with van der Waals surface area (Å²) in [5, 5.41) is 3.17. The van der Waals surface area contributed by atoms with Crippen LogP contribution in [0.5, 0.6) is 0 Å². The molecule has 1 atom stereocenters. The maximum absolute atomic E-state index is 13.3. The fourth-order valence-electron chi connectivity index (χ4n) is 4.14. The summed E-state index contributed by atoms with van der Waals surface area (Å²) in [6, 6.07) is 9.54. The molecule has 4 rings (SSSR count). The van der Waals surface area contributed by atoms with E-state index in [9.17, 15) is 26.4 Å². The number of rotatable bonds is 8. The van der Waals surface area contributed by atoms with Gasteiger partial charge in [0.15, 0.2) is 0 Å². The van der Waals surface area contributed by atoms with E-state index in [-0.39, 0.29) is 23.9 Å². The molecule has 1 saturated heterocycles. The molecule has 1 aliphatic rings. The Morgan fingerprint density at radius 3 is 2.68 bits per heavy atom. The zero-order valence-corrected chi connectivity index (χ0v) is 21.2. The molecule has 200 valence electrons. The lowest BCUT2D eigenvalue weighted by Gasteiger charge is -2.22. The molecular formula is C26H25F3N4O4S. The molecule has 38 heavy (non-hydrogen) atoms. The minimum Gasteiger partial charge on any atom is -0.443 e. The van der Waals surface area contributed by atoms with Gasteiger partial charge in [0.25, 0.3) is 10.0 Å². The van der Waals surface area contributed by atoms with E-state index >= 15 is 0 Å². The van der Waals surface area contributed by atoms with E-state index in [0.29, 0.717) is 34.9 Å². The van der Waals surface area contributed by atoms with Gasteiger partial charge in [-0.05, 0) is 56.3 Å². The fourth-order valence-corrected chi connectivity index (χ4v) is 5.75. The Labute approximate surface area is 217 Å². The van der Waals surface area contributed by atoms with Gasteiger partial charge in [0, 0.05) is 36.3 Å². The van der Waals surface area contributed by atoms with E-state index in [4.69, 9.17) is 4.42 Å². The molecule has 0 spiro atoms. The molecule has 12 heteroatoms. The molecular weight excluding hydrogens is 521 g/mol. The molecule has 1 aliphatic heterocycles. The average Bonchev–Trinajstić information content (AvgIpc) is 3.57. The molecule has 1 N–H and O–H groups in total. The van der Waals surface area contributed by atoms with E-state index < -0.39 is 33.8 Å². The van der Waals surface area contributed by atoms with Crippen LogP contribution in [0.3, 0.4) is 0 Å². The lowest BCUT2D eigenvalue weighted by molar-refractivity contribution is -0.141. The van der Waals surface area contributed by atoms with E-state index in [1.807, 2.05) is 0 Å². The third kappa shape index (κ3) is 5.70. The summed E-state index contributed by atoms with van der Waals surface area (Å²) < 4.78 is 71.7. The minimum absolute atomic E-state index is 0.0391. The van der Waals surface area contributed by atoms with Crippen LogP contribution in [0.1, 0.15) is 31.0 Å². The van der Waals surface area contributed by atoms with Crippen LogP contribution in [0.25, 0.3) is 16.7 Å². The number of alkyl halides is 3. The monoisotopic (exact) mass is 546 g/mol. The van der Waals surface area contributed by atoms with Crippen molar-refractivity contribution in [3.63, 3.8) is 0 Å². The highest BCUT2D eigenvalue weighted by atomic mass is 32.2. The molecule has 2 aromatic heterocycles. The second-order valence-corrected chi connectivity index (χ2v) is 10.4. The maximum atomic E-state index is 13.3. The number of nitrogens with zero attached hydrogens (tertiary/aromatic N) is 3. The highest BCUT2D eigenvalue weighted by molar-refractivity contribution is 7.89. The summed E-state index contributed by atoms with van der Waals surface area (Å²) in [4.78, 5) is 20.3. The van der Waals surface area contributed by atoms with Crippen molar-refractivity contribution in [1.29, 1.82) is 0 Å². The van der Waals surface area contributed by atoms with Crippen LogP contribution in [-0.2, 0) is 21.0 Å². The number of halogens is 3. The number of benzene rings is 1. The Kier molecular flexibility index (Phi) is 7.83. The first-order valence-corrected chi connectivity index (χ1v) is 13.1. The van der Waals surface area contributed by atoms with Gasteiger partial charge in [0.2, 0.25) is 11.0 Å². The second kappa shape index (κ2) is 10.9. The van der Waals surface area contributed by atoms with Crippen molar-refractivity contribution in [3.05, 3.63) is 77.6 Å². The highest BCUT2D eigenvalue weighted by Crippen LogP contribution is 2.31. The normalized spacial score (nSPS) is 17.6. The van der Waals surface area contributed by atoms with Crippen molar-refractivity contribution in [3.8, 4) is 0 Å². The molecule has 3 heterocycles. The number of para-hydroxylation sites is 1.